The largest absolute Gasteiger partial charge is 0.420 e. The number of benzene rings is 3. The molecule has 1 amide bonds. The first-order valence-corrected chi connectivity index (χ1v) is 12.0. The SMILES string of the molecule is O=C(Cn1c(=O)oc2ccccc21)Nc1ccc2c(c1)CCCN2S(=O)(=O)c1ccccc1. The number of carbonyl (C=O) groups excluding carboxylic acids is 1. The number of hydrogen-bond acceptors (Lipinski definition) is 5. The van der Waals surface area contributed by atoms with E-state index in [2.05, 4.69) is 5.32 Å². The molecule has 3 aromatic carbocycles. The Kier molecular flexibility index (Phi) is 5.26. The average molecular weight is 464 g/mol. The second-order valence-corrected chi connectivity index (χ2v) is 9.67. The van der Waals surface area contributed by atoms with Crippen LogP contribution in [0.4, 0.5) is 11.4 Å². The summed E-state index contributed by atoms with van der Waals surface area (Å²) in [6.45, 7) is 0.202. The zero-order chi connectivity index (χ0) is 23.0. The summed E-state index contributed by atoms with van der Waals surface area (Å²) in [5.74, 6) is -0.980. The van der Waals surface area contributed by atoms with Gasteiger partial charge < -0.3 is 9.73 Å². The standard InChI is InChI=1S/C24H21N3O5S/c28-23(16-26-21-10-4-5-11-22(21)32-24(26)29)25-18-12-13-20-17(15-18)7-6-14-27(20)33(30,31)19-8-2-1-3-9-19/h1-5,8-13,15H,6-7,14,16H2,(H,25,28). The van der Waals surface area contributed by atoms with Crippen LogP contribution >= 0.6 is 0 Å². The van der Waals surface area contributed by atoms with Gasteiger partial charge in [0.1, 0.15) is 6.54 Å². The fourth-order valence-corrected chi connectivity index (χ4v) is 5.68. The van der Waals surface area contributed by atoms with Gasteiger partial charge in [-0.2, -0.15) is 0 Å². The molecule has 0 atom stereocenters. The van der Waals surface area contributed by atoms with E-state index in [0.717, 1.165) is 5.56 Å². The summed E-state index contributed by atoms with van der Waals surface area (Å²) in [5.41, 5.74) is 2.96. The second kappa shape index (κ2) is 8.25. The molecule has 2 heterocycles. The Labute approximate surface area is 190 Å². The first-order chi connectivity index (χ1) is 15.9. The maximum Gasteiger partial charge on any atom is 0.420 e. The quantitative estimate of drug-likeness (QED) is 0.489. The fourth-order valence-electron chi connectivity index (χ4n) is 4.12. The number of para-hydroxylation sites is 2. The van der Waals surface area contributed by atoms with Crippen molar-refractivity contribution in [2.45, 2.75) is 24.3 Å². The summed E-state index contributed by atoms with van der Waals surface area (Å²) in [6, 6.07) is 20.4. The van der Waals surface area contributed by atoms with Crippen molar-refractivity contribution in [2.75, 3.05) is 16.2 Å². The van der Waals surface area contributed by atoms with E-state index in [-0.39, 0.29) is 17.3 Å². The minimum Gasteiger partial charge on any atom is -0.408 e. The predicted octanol–water partition coefficient (Wildman–Crippen LogP) is 3.37. The number of aromatic nitrogens is 1. The molecule has 1 aliphatic heterocycles. The van der Waals surface area contributed by atoms with Crippen LogP contribution in [0.5, 0.6) is 0 Å². The third-order valence-corrected chi connectivity index (χ3v) is 7.47. The summed E-state index contributed by atoms with van der Waals surface area (Å²) in [6.07, 6.45) is 1.37. The minimum atomic E-state index is -3.67. The highest BCUT2D eigenvalue weighted by Crippen LogP contribution is 2.33. The first-order valence-electron chi connectivity index (χ1n) is 10.5. The summed E-state index contributed by atoms with van der Waals surface area (Å²) < 4.78 is 34.2. The Morgan fingerprint density at radius 1 is 1.00 bits per heavy atom. The van der Waals surface area contributed by atoms with Crippen molar-refractivity contribution in [1.82, 2.24) is 4.57 Å². The maximum absolute atomic E-state index is 13.1. The van der Waals surface area contributed by atoms with Gasteiger partial charge in [0, 0.05) is 12.2 Å². The fraction of sp³-hybridized carbons (Fsp3) is 0.167. The van der Waals surface area contributed by atoms with Crippen molar-refractivity contribution in [1.29, 1.82) is 0 Å². The van der Waals surface area contributed by atoms with Crippen molar-refractivity contribution in [3.8, 4) is 0 Å². The zero-order valence-corrected chi connectivity index (χ0v) is 18.4. The van der Waals surface area contributed by atoms with Gasteiger partial charge in [0.15, 0.2) is 5.58 Å². The molecule has 0 saturated heterocycles. The zero-order valence-electron chi connectivity index (χ0n) is 17.6. The molecular weight excluding hydrogens is 442 g/mol. The van der Waals surface area contributed by atoms with E-state index in [1.807, 2.05) is 0 Å². The molecule has 1 N–H and O–H groups in total. The van der Waals surface area contributed by atoms with E-state index in [1.54, 1.807) is 72.8 Å². The summed E-state index contributed by atoms with van der Waals surface area (Å²) >= 11 is 0. The van der Waals surface area contributed by atoms with Gasteiger partial charge in [-0.15, -0.1) is 0 Å². The number of amides is 1. The Bertz CT molecular complexity index is 1510. The third kappa shape index (κ3) is 3.91. The Morgan fingerprint density at radius 2 is 1.76 bits per heavy atom. The number of aryl methyl sites for hydroxylation is 1. The van der Waals surface area contributed by atoms with Crippen molar-refractivity contribution in [3.05, 3.63) is 88.9 Å². The van der Waals surface area contributed by atoms with E-state index in [1.165, 1.54) is 8.87 Å². The highest BCUT2D eigenvalue weighted by molar-refractivity contribution is 7.92. The number of nitrogens with one attached hydrogen (secondary N) is 1. The van der Waals surface area contributed by atoms with E-state index < -0.39 is 15.8 Å². The van der Waals surface area contributed by atoms with Crippen LogP contribution in [0.25, 0.3) is 11.1 Å². The number of fused-ring (bicyclic) bond motifs is 2. The Balaban J connectivity index is 1.38. The van der Waals surface area contributed by atoms with Gasteiger partial charge in [0.2, 0.25) is 5.91 Å². The van der Waals surface area contributed by atoms with Crippen LogP contribution in [-0.2, 0) is 27.8 Å². The number of hydrogen-bond donors (Lipinski definition) is 1. The van der Waals surface area contributed by atoms with E-state index >= 15 is 0 Å². The number of anilines is 2. The van der Waals surface area contributed by atoms with Crippen molar-refractivity contribution >= 4 is 38.4 Å². The molecule has 1 aromatic heterocycles. The van der Waals surface area contributed by atoms with Gasteiger partial charge >= 0.3 is 5.76 Å². The monoisotopic (exact) mass is 463 g/mol. The van der Waals surface area contributed by atoms with Crippen molar-refractivity contribution in [3.63, 3.8) is 0 Å². The molecule has 0 unspecified atom stereocenters. The normalized spacial score (nSPS) is 13.6. The summed E-state index contributed by atoms with van der Waals surface area (Å²) in [5, 5.41) is 2.80. The van der Waals surface area contributed by atoms with Crippen LogP contribution in [0.2, 0.25) is 0 Å². The molecule has 8 nitrogen and oxygen atoms in total. The molecule has 168 valence electrons. The van der Waals surface area contributed by atoms with Crippen molar-refractivity contribution < 1.29 is 17.6 Å². The topological polar surface area (TPSA) is 102 Å². The van der Waals surface area contributed by atoms with Gasteiger partial charge in [-0.1, -0.05) is 30.3 Å². The van der Waals surface area contributed by atoms with E-state index in [0.29, 0.717) is 41.9 Å². The highest BCUT2D eigenvalue weighted by Gasteiger charge is 2.29. The minimum absolute atomic E-state index is 0.193. The third-order valence-electron chi connectivity index (χ3n) is 5.65. The second-order valence-electron chi connectivity index (χ2n) is 7.81. The molecule has 1 aliphatic rings. The average Bonchev–Trinajstić information content (AvgIpc) is 3.14. The van der Waals surface area contributed by atoms with Crippen LogP contribution in [0.1, 0.15) is 12.0 Å². The molecular formula is C24H21N3O5S. The smallest absolute Gasteiger partial charge is 0.408 e. The highest BCUT2D eigenvalue weighted by atomic mass is 32.2. The van der Waals surface area contributed by atoms with Crippen LogP contribution in [0.3, 0.4) is 0 Å². The number of nitrogens with zero attached hydrogens (tertiary/aromatic N) is 2. The lowest BCUT2D eigenvalue weighted by Gasteiger charge is -2.30. The van der Waals surface area contributed by atoms with Crippen LogP contribution in [0.15, 0.2) is 86.9 Å². The molecule has 0 radical (unpaired) electrons. The summed E-state index contributed by atoms with van der Waals surface area (Å²) in [7, 11) is -3.67. The molecule has 0 aliphatic carbocycles. The summed E-state index contributed by atoms with van der Waals surface area (Å²) in [4.78, 5) is 25.0. The van der Waals surface area contributed by atoms with E-state index in [9.17, 15) is 18.0 Å². The number of rotatable bonds is 5. The molecule has 9 heteroatoms. The Hall–Kier alpha value is -3.85. The lowest BCUT2D eigenvalue weighted by atomic mass is 10.0. The molecule has 33 heavy (non-hydrogen) atoms. The van der Waals surface area contributed by atoms with Crippen molar-refractivity contribution in [2.24, 2.45) is 0 Å². The lowest BCUT2D eigenvalue weighted by molar-refractivity contribution is -0.116. The van der Waals surface area contributed by atoms with Gasteiger partial charge in [-0.25, -0.2) is 13.2 Å². The number of carbonyl (C=O) groups is 1. The molecule has 0 bridgehead atoms. The van der Waals surface area contributed by atoms with Crippen LogP contribution < -0.4 is 15.4 Å². The number of sulfonamides is 1. The first kappa shape index (κ1) is 21.0. The van der Waals surface area contributed by atoms with Gasteiger partial charge in [-0.3, -0.25) is 13.7 Å². The maximum atomic E-state index is 13.1. The Morgan fingerprint density at radius 3 is 2.58 bits per heavy atom. The molecule has 5 rings (SSSR count). The van der Waals surface area contributed by atoms with Crippen LogP contribution in [-0.4, -0.2) is 25.4 Å². The molecule has 4 aromatic rings. The van der Waals surface area contributed by atoms with Crippen LogP contribution in [0, 0.1) is 0 Å². The molecule has 0 spiro atoms. The van der Waals surface area contributed by atoms with E-state index in [4.69, 9.17) is 4.42 Å². The van der Waals surface area contributed by atoms with Gasteiger partial charge in [-0.05, 0) is 60.9 Å². The predicted molar refractivity (Wildman–Crippen MR) is 125 cm³/mol. The van der Waals surface area contributed by atoms with Gasteiger partial charge in [0.05, 0.1) is 16.1 Å². The molecule has 0 saturated carbocycles. The molecule has 0 fully saturated rings. The number of oxazole rings is 1. The lowest BCUT2D eigenvalue weighted by Crippen LogP contribution is -2.35. The van der Waals surface area contributed by atoms with Gasteiger partial charge in [0.25, 0.3) is 10.0 Å².